The van der Waals surface area contributed by atoms with Gasteiger partial charge in [0.15, 0.2) is 9.84 Å². The van der Waals surface area contributed by atoms with Gasteiger partial charge in [0, 0.05) is 24.0 Å². The maximum absolute atomic E-state index is 12.8. The van der Waals surface area contributed by atoms with Gasteiger partial charge in [0.2, 0.25) is 5.91 Å². The van der Waals surface area contributed by atoms with Gasteiger partial charge in [-0.15, -0.1) is 11.8 Å². The molecule has 1 aromatic rings. The number of fused-ring (bicyclic) bond motifs is 1. The lowest BCUT2D eigenvalue weighted by Gasteiger charge is -2.43. The molecule has 0 aliphatic carbocycles. The molecule has 5 nitrogen and oxygen atoms in total. The average Bonchev–Trinajstić information content (AvgIpc) is 2.88. The van der Waals surface area contributed by atoms with Crippen LogP contribution in [-0.4, -0.2) is 73.6 Å². The Hall–Kier alpha value is -1.05. The molecule has 0 bridgehead atoms. The number of amides is 1. The molecule has 2 aliphatic heterocycles. The van der Waals surface area contributed by atoms with Gasteiger partial charge in [0.1, 0.15) is 0 Å². The number of hydrogen-bond acceptors (Lipinski definition) is 5. The van der Waals surface area contributed by atoms with E-state index in [9.17, 15) is 13.2 Å². The lowest BCUT2D eigenvalue weighted by molar-refractivity contribution is -0.136. The molecule has 3 rings (SSSR count). The fraction of sp³-hybridized carbons (Fsp3) is 0.588. The molecule has 2 atom stereocenters. The van der Waals surface area contributed by atoms with Crippen molar-refractivity contribution in [3.05, 3.63) is 29.8 Å². The summed E-state index contributed by atoms with van der Waals surface area (Å²) >= 11 is 1.65. The Morgan fingerprint density at radius 2 is 2.00 bits per heavy atom. The number of thioether (sulfide) groups is 1. The van der Waals surface area contributed by atoms with Gasteiger partial charge in [-0.2, -0.15) is 0 Å². The lowest BCUT2D eigenvalue weighted by atomic mass is 10.0. The molecule has 0 saturated carbocycles. The highest BCUT2D eigenvalue weighted by molar-refractivity contribution is 7.98. The van der Waals surface area contributed by atoms with Crippen molar-refractivity contribution in [2.24, 2.45) is 0 Å². The Morgan fingerprint density at radius 1 is 1.25 bits per heavy atom. The molecular formula is C17H24N2O3S2. The third kappa shape index (κ3) is 3.63. The van der Waals surface area contributed by atoms with Crippen molar-refractivity contribution in [2.75, 3.05) is 37.4 Å². The summed E-state index contributed by atoms with van der Waals surface area (Å²) in [5.41, 5.74) is 0.988. The fourth-order valence-corrected chi connectivity index (χ4v) is 6.28. The molecule has 24 heavy (non-hydrogen) atoms. The Morgan fingerprint density at radius 3 is 2.71 bits per heavy atom. The summed E-state index contributed by atoms with van der Waals surface area (Å²) in [6, 6.07) is 7.75. The van der Waals surface area contributed by atoms with E-state index in [0.29, 0.717) is 13.0 Å². The Labute approximate surface area is 148 Å². The van der Waals surface area contributed by atoms with Crippen molar-refractivity contribution >= 4 is 27.5 Å². The zero-order valence-electron chi connectivity index (χ0n) is 14.1. The second-order valence-corrected chi connectivity index (χ2v) is 9.49. The van der Waals surface area contributed by atoms with Gasteiger partial charge in [0.05, 0.1) is 24.0 Å². The van der Waals surface area contributed by atoms with Gasteiger partial charge in [-0.05, 0) is 30.5 Å². The highest BCUT2D eigenvalue weighted by Crippen LogP contribution is 2.27. The van der Waals surface area contributed by atoms with Crippen LogP contribution < -0.4 is 0 Å². The number of benzene rings is 1. The number of hydrogen-bond donors (Lipinski definition) is 0. The van der Waals surface area contributed by atoms with Gasteiger partial charge in [-0.1, -0.05) is 19.1 Å². The molecule has 2 aliphatic rings. The van der Waals surface area contributed by atoms with Crippen molar-refractivity contribution in [2.45, 2.75) is 30.3 Å². The summed E-state index contributed by atoms with van der Waals surface area (Å²) in [6.45, 7) is 4.25. The number of carbonyl (C=O) groups is 1. The monoisotopic (exact) mass is 368 g/mol. The van der Waals surface area contributed by atoms with Crippen molar-refractivity contribution in [1.29, 1.82) is 0 Å². The minimum Gasteiger partial charge on any atom is -0.336 e. The number of rotatable bonds is 4. The van der Waals surface area contributed by atoms with E-state index in [0.717, 1.165) is 23.5 Å². The molecule has 0 radical (unpaired) electrons. The third-order valence-corrected chi connectivity index (χ3v) is 7.43. The van der Waals surface area contributed by atoms with Crippen LogP contribution in [0, 0.1) is 0 Å². The molecule has 7 heteroatoms. The minimum atomic E-state index is -3.06. The van der Waals surface area contributed by atoms with Crippen molar-refractivity contribution in [3.63, 3.8) is 0 Å². The van der Waals surface area contributed by atoms with Crippen LogP contribution in [0.5, 0.6) is 0 Å². The molecule has 1 aromatic carbocycles. The molecule has 2 saturated heterocycles. The number of nitrogens with zero attached hydrogens (tertiary/aromatic N) is 2. The summed E-state index contributed by atoms with van der Waals surface area (Å²) in [5, 5.41) is 0. The smallest absolute Gasteiger partial charge is 0.227 e. The minimum absolute atomic E-state index is 0.0381. The first-order chi connectivity index (χ1) is 11.4. The number of piperazine rings is 1. The van der Waals surface area contributed by atoms with Gasteiger partial charge >= 0.3 is 0 Å². The zero-order chi connectivity index (χ0) is 17.3. The van der Waals surface area contributed by atoms with Crippen LogP contribution in [0.4, 0.5) is 0 Å². The van der Waals surface area contributed by atoms with E-state index in [1.54, 1.807) is 11.8 Å². The molecule has 0 unspecified atom stereocenters. The van der Waals surface area contributed by atoms with Crippen LogP contribution in [0.15, 0.2) is 29.2 Å². The highest BCUT2D eigenvalue weighted by atomic mass is 32.2. The van der Waals surface area contributed by atoms with Crippen LogP contribution >= 0.6 is 11.8 Å². The predicted octanol–water partition coefficient (Wildman–Crippen LogP) is 1.28. The molecule has 132 valence electrons. The summed E-state index contributed by atoms with van der Waals surface area (Å²) in [4.78, 5) is 18.0. The van der Waals surface area contributed by atoms with E-state index < -0.39 is 9.84 Å². The third-order valence-electron chi connectivity index (χ3n) is 5.01. The van der Waals surface area contributed by atoms with E-state index in [-0.39, 0.29) is 29.5 Å². The van der Waals surface area contributed by atoms with Crippen molar-refractivity contribution in [3.8, 4) is 0 Å². The molecule has 0 N–H and O–H groups in total. The molecular weight excluding hydrogens is 344 g/mol. The van der Waals surface area contributed by atoms with E-state index >= 15 is 0 Å². The van der Waals surface area contributed by atoms with Crippen LogP contribution in [-0.2, 0) is 21.1 Å². The summed E-state index contributed by atoms with van der Waals surface area (Å²) in [5.74, 6) is 0.318. The topological polar surface area (TPSA) is 57.7 Å². The van der Waals surface area contributed by atoms with Crippen LogP contribution in [0.3, 0.4) is 0 Å². The largest absolute Gasteiger partial charge is 0.336 e. The summed E-state index contributed by atoms with van der Waals surface area (Å²) in [6.07, 6.45) is 2.35. The molecule has 2 heterocycles. The van der Waals surface area contributed by atoms with Gasteiger partial charge in [-0.3, -0.25) is 9.69 Å². The van der Waals surface area contributed by atoms with Crippen molar-refractivity contribution in [1.82, 2.24) is 9.80 Å². The maximum atomic E-state index is 12.8. The first-order valence-electron chi connectivity index (χ1n) is 8.30. The van der Waals surface area contributed by atoms with Crippen LogP contribution in [0.25, 0.3) is 0 Å². The Bertz CT molecular complexity index is 720. The SMILES string of the molecule is CCN1CCN(C(=O)Cc2cccc(SC)c2)[C@@H]2CS(=O)(=O)C[C@@H]21. The summed E-state index contributed by atoms with van der Waals surface area (Å²) < 4.78 is 24.2. The van der Waals surface area contributed by atoms with Crippen LogP contribution in [0.1, 0.15) is 12.5 Å². The predicted molar refractivity (Wildman–Crippen MR) is 97.1 cm³/mol. The van der Waals surface area contributed by atoms with Crippen molar-refractivity contribution < 1.29 is 13.2 Å². The quantitative estimate of drug-likeness (QED) is 0.750. The Kier molecular flexibility index (Phi) is 5.22. The number of sulfone groups is 1. The van der Waals surface area contributed by atoms with E-state index in [1.165, 1.54) is 0 Å². The van der Waals surface area contributed by atoms with Gasteiger partial charge in [0.25, 0.3) is 0 Å². The highest BCUT2D eigenvalue weighted by Gasteiger charge is 2.47. The van der Waals surface area contributed by atoms with E-state index in [2.05, 4.69) is 4.90 Å². The first kappa shape index (κ1) is 17.8. The number of likely N-dealkylation sites (N-methyl/N-ethyl adjacent to an activating group) is 1. The van der Waals surface area contributed by atoms with E-state index in [1.807, 2.05) is 42.3 Å². The molecule has 0 aromatic heterocycles. The van der Waals surface area contributed by atoms with Crippen LogP contribution in [0.2, 0.25) is 0 Å². The second-order valence-electron chi connectivity index (χ2n) is 6.46. The maximum Gasteiger partial charge on any atom is 0.227 e. The standard InChI is InChI=1S/C17H24N2O3S2/c1-3-18-7-8-19(16-12-24(21,22)11-15(16)18)17(20)10-13-5-4-6-14(9-13)23-2/h4-6,9,15-16H,3,7-8,10-12H2,1-2H3/t15-,16+/m0/s1. The normalized spacial score (nSPS) is 26.3. The van der Waals surface area contributed by atoms with Gasteiger partial charge < -0.3 is 4.90 Å². The fourth-order valence-electron chi connectivity index (χ4n) is 3.79. The summed E-state index contributed by atoms with van der Waals surface area (Å²) in [7, 11) is -3.06. The Balaban J connectivity index is 1.77. The molecule has 2 fully saturated rings. The molecule has 1 amide bonds. The average molecular weight is 369 g/mol. The van der Waals surface area contributed by atoms with Gasteiger partial charge in [-0.25, -0.2) is 8.42 Å². The number of carbonyl (C=O) groups excluding carboxylic acids is 1. The van der Waals surface area contributed by atoms with E-state index in [4.69, 9.17) is 0 Å². The first-order valence-corrected chi connectivity index (χ1v) is 11.3. The molecule has 0 spiro atoms. The zero-order valence-corrected chi connectivity index (χ0v) is 15.8. The lowest BCUT2D eigenvalue weighted by Crippen LogP contribution is -2.60. The second kappa shape index (κ2) is 7.06.